The minimum Gasteiger partial charge on any atom is -0.456 e. The summed E-state index contributed by atoms with van der Waals surface area (Å²) in [5.41, 5.74) is 2.96. The maximum atomic E-state index is 13.4. The zero-order chi connectivity index (χ0) is 22.8. The number of benzene rings is 1. The third-order valence-corrected chi connectivity index (χ3v) is 6.72. The van der Waals surface area contributed by atoms with E-state index < -0.39 is 0 Å². The lowest BCUT2D eigenvalue weighted by Gasteiger charge is -2.29. The Kier molecular flexibility index (Phi) is 6.46. The summed E-state index contributed by atoms with van der Waals surface area (Å²) >= 11 is 3.49. The summed E-state index contributed by atoms with van der Waals surface area (Å²) in [6.07, 6.45) is 8.97. The van der Waals surface area contributed by atoms with Crippen molar-refractivity contribution in [3.05, 3.63) is 69.2 Å². The van der Waals surface area contributed by atoms with Gasteiger partial charge in [-0.2, -0.15) is 0 Å². The van der Waals surface area contributed by atoms with Gasteiger partial charge in [-0.05, 0) is 72.7 Å². The number of aromatic nitrogens is 3. The minimum absolute atomic E-state index is 0.0787. The standard InChI is InChI=1S/C25H26BrN3O4/c26-18-13-22-23(27-14-18)29(19-9-5-2-6-10-19)25(31)28(22)15-20-11-12-21(16-32-20)33-24(30)17-7-3-1-4-8-17/h1,3-4,7-9,13-14,20-21H,2,5-6,10-12,15-16H2/t20-,21+/m1/s1. The molecule has 2 aromatic heterocycles. The topological polar surface area (TPSA) is 75.4 Å². The largest absolute Gasteiger partial charge is 0.456 e. The van der Waals surface area contributed by atoms with Crippen LogP contribution in [0.15, 0.2) is 57.9 Å². The number of fused-ring (bicyclic) bond motifs is 1. The summed E-state index contributed by atoms with van der Waals surface area (Å²) in [7, 11) is 0. The van der Waals surface area contributed by atoms with E-state index in [2.05, 4.69) is 27.0 Å². The highest BCUT2D eigenvalue weighted by atomic mass is 79.9. The zero-order valence-corrected chi connectivity index (χ0v) is 19.9. The van der Waals surface area contributed by atoms with E-state index >= 15 is 0 Å². The van der Waals surface area contributed by atoms with Crippen LogP contribution < -0.4 is 5.69 Å². The lowest BCUT2D eigenvalue weighted by atomic mass is 10.0. The third kappa shape index (κ3) is 4.68. The van der Waals surface area contributed by atoms with Gasteiger partial charge in [-0.3, -0.25) is 4.57 Å². The van der Waals surface area contributed by atoms with Gasteiger partial charge < -0.3 is 9.47 Å². The number of carbonyl (C=O) groups excluding carboxylic acids is 1. The Bertz CT molecular complexity index is 1240. The molecule has 0 N–H and O–H groups in total. The van der Waals surface area contributed by atoms with Crippen molar-refractivity contribution in [1.29, 1.82) is 0 Å². The van der Waals surface area contributed by atoms with Gasteiger partial charge in [0.15, 0.2) is 5.65 Å². The number of halogens is 1. The van der Waals surface area contributed by atoms with Crippen LogP contribution in [0.3, 0.4) is 0 Å². The summed E-state index contributed by atoms with van der Waals surface area (Å²) in [4.78, 5) is 30.3. The van der Waals surface area contributed by atoms with Gasteiger partial charge in [0.2, 0.25) is 0 Å². The van der Waals surface area contributed by atoms with Gasteiger partial charge in [0.25, 0.3) is 0 Å². The molecule has 0 bridgehead atoms. The van der Waals surface area contributed by atoms with Gasteiger partial charge in [-0.1, -0.05) is 24.3 Å². The second kappa shape index (κ2) is 9.65. The molecule has 1 fully saturated rings. The van der Waals surface area contributed by atoms with E-state index in [1.54, 1.807) is 27.5 Å². The summed E-state index contributed by atoms with van der Waals surface area (Å²) in [5, 5.41) is 0. The van der Waals surface area contributed by atoms with Crippen molar-refractivity contribution >= 4 is 38.8 Å². The molecule has 5 rings (SSSR count). The Morgan fingerprint density at radius 1 is 1.21 bits per heavy atom. The van der Waals surface area contributed by atoms with Crippen molar-refractivity contribution in [3.63, 3.8) is 0 Å². The molecule has 2 aliphatic rings. The number of nitrogens with zero attached hydrogens (tertiary/aromatic N) is 3. The van der Waals surface area contributed by atoms with Gasteiger partial charge in [0.05, 0.1) is 30.3 Å². The van der Waals surface area contributed by atoms with Crippen LogP contribution in [0.4, 0.5) is 0 Å². The molecule has 1 aliphatic carbocycles. The van der Waals surface area contributed by atoms with E-state index in [1.807, 2.05) is 24.3 Å². The quantitative estimate of drug-likeness (QED) is 0.460. The van der Waals surface area contributed by atoms with Gasteiger partial charge in [-0.25, -0.2) is 19.1 Å². The zero-order valence-electron chi connectivity index (χ0n) is 18.3. The lowest BCUT2D eigenvalue weighted by molar-refractivity contribution is -0.0710. The number of esters is 1. The average Bonchev–Trinajstić information content (AvgIpc) is 3.12. The highest BCUT2D eigenvalue weighted by Crippen LogP contribution is 2.26. The number of ether oxygens (including phenoxy) is 2. The molecule has 0 saturated carbocycles. The second-order valence-electron chi connectivity index (χ2n) is 8.59. The first-order valence-electron chi connectivity index (χ1n) is 11.4. The van der Waals surface area contributed by atoms with Gasteiger partial charge in [0, 0.05) is 16.4 Å². The van der Waals surface area contributed by atoms with Crippen LogP contribution in [0.25, 0.3) is 16.9 Å². The van der Waals surface area contributed by atoms with Gasteiger partial charge in [-0.15, -0.1) is 0 Å². The molecule has 0 unspecified atom stereocenters. The Morgan fingerprint density at radius 3 is 2.79 bits per heavy atom. The maximum Gasteiger partial charge on any atom is 0.338 e. The van der Waals surface area contributed by atoms with E-state index in [1.165, 1.54) is 0 Å². The Hall–Kier alpha value is -2.71. The van der Waals surface area contributed by atoms with Crippen molar-refractivity contribution in [2.24, 2.45) is 0 Å². The normalized spacial score (nSPS) is 21.1. The number of allylic oxidation sites excluding steroid dienone is 2. The SMILES string of the molecule is O=C(O[C@H]1CC[C@H](Cn2c(=O)n(C3=CCCCC3)c3ncc(Br)cc32)OC1)c1ccccc1. The molecular formula is C25H26BrN3O4. The van der Waals surface area contributed by atoms with E-state index in [9.17, 15) is 9.59 Å². The first kappa shape index (κ1) is 22.1. The lowest BCUT2D eigenvalue weighted by Crippen LogP contribution is -2.37. The van der Waals surface area contributed by atoms with Gasteiger partial charge >= 0.3 is 11.7 Å². The van der Waals surface area contributed by atoms with Crippen molar-refractivity contribution in [1.82, 2.24) is 14.1 Å². The Balaban J connectivity index is 1.31. The van der Waals surface area contributed by atoms with Crippen LogP contribution in [-0.4, -0.2) is 38.9 Å². The second-order valence-corrected chi connectivity index (χ2v) is 9.51. The number of imidazole rings is 1. The molecule has 3 heterocycles. The number of hydrogen-bond acceptors (Lipinski definition) is 5. The maximum absolute atomic E-state index is 13.4. The van der Waals surface area contributed by atoms with Crippen LogP contribution >= 0.6 is 15.9 Å². The van der Waals surface area contributed by atoms with Crippen molar-refractivity contribution in [2.75, 3.05) is 6.61 Å². The minimum atomic E-state index is -0.335. The molecule has 0 radical (unpaired) electrons. The average molecular weight is 512 g/mol. The summed E-state index contributed by atoms with van der Waals surface area (Å²) in [5.74, 6) is -0.335. The Morgan fingerprint density at radius 2 is 2.06 bits per heavy atom. The predicted molar refractivity (Wildman–Crippen MR) is 129 cm³/mol. The van der Waals surface area contributed by atoms with Crippen LogP contribution in [-0.2, 0) is 16.0 Å². The van der Waals surface area contributed by atoms with E-state index in [-0.39, 0.29) is 23.9 Å². The molecule has 1 saturated heterocycles. The third-order valence-electron chi connectivity index (χ3n) is 6.29. The fraction of sp³-hybridized carbons (Fsp3) is 0.400. The van der Waals surface area contributed by atoms with Crippen LogP contribution in [0.5, 0.6) is 0 Å². The monoisotopic (exact) mass is 511 g/mol. The van der Waals surface area contributed by atoms with Crippen LogP contribution in [0.2, 0.25) is 0 Å². The molecule has 172 valence electrons. The molecule has 0 spiro atoms. The van der Waals surface area contributed by atoms with E-state index in [4.69, 9.17) is 9.47 Å². The van der Waals surface area contributed by atoms with E-state index in [0.717, 1.165) is 41.4 Å². The molecule has 3 aromatic rings. The van der Waals surface area contributed by atoms with Gasteiger partial charge in [0.1, 0.15) is 6.10 Å². The number of rotatable bonds is 5. The first-order chi connectivity index (χ1) is 16.1. The summed E-state index contributed by atoms with van der Waals surface area (Å²) in [6.45, 7) is 0.761. The van der Waals surface area contributed by atoms with Crippen molar-refractivity contribution < 1.29 is 14.3 Å². The highest BCUT2D eigenvalue weighted by Gasteiger charge is 2.27. The summed E-state index contributed by atoms with van der Waals surface area (Å²) in [6, 6.07) is 10.9. The molecule has 0 amide bonds. The fourth-order valence-electron chi connectivity index (χ4n) is 4.58. The predicted octanol–water partition coefficient (Wildman–Crippen LogP) is 4.78. The smallest absolute Gasteiger partial charge is 0.338 e. The molecule has 33 heavy (non-hydrogen) atoms. The fourth-order valence-corrected chi connectivity index (χ4v) is 4.90. The highest BCUT2D eigenvalue weighted by molar-refractivity contribution is 9.10. The van der Waals surface area contributed by atoms with Crippen molar-refractivity contribution in [2.45, 2.75) is 57.3 Å². The molecule has 1 aliphatic heterocycles. The number of hydrogen-bond donors (Lipinski definition) is 0. The molecule has 8 heteroatoms. The molecule has 1 aromatic carbocycles. The molecule has 2 atom stereocenters. The van der Waals surface area contributed by atoms with Crippen LogP contribution in [0, 0.1) is 0 Å². The Labute approximate surface area is 200 Å². The number of pyridine rings is 1. The summed E-state index contributed by atoms with van der Waals surface area (Å²) < 4.78 is 16.0. The van der Waals surface area contributed by atoms with E-state index in [0.29, 0.717) is 37.2 Å². The number of carbonyl (C=O) groups is 1. The van der Waals surface area contributed by atoms with Crippen LogP contribution in [0.1, 0.15) is 48.9 Å². The molecular weight excluding hydrogens is 486 g/mol. The molecule has 7 nitrogen and oxygen atoms in total. The van der Waals surface area contributed by atoms with Crippen molar-refractivity contribution in [3.8, 4) is 0 Å². The first-order valence-corrected chi connectivity index (χ1v) is 12.2.